The summed E-state index contributed by atoms with van der Waals surface area (Å²) in [4.78, 5) is 47.9. The van der Waals surface area contributed by atoms with Crippen LogP contribution in [0.1, 0.15) is 12.8 Å². The molecule has 0 aromatic heterocycles. The highest BCUT2D eigenvalue weighted by molar-refractivity contribution is 8.00. The molecule has 1 fully saturated rings. The number of carbonyl (C=O) groups excluding carboxylic acids is 4. The number of methoxy groups -OCH3 is 1. The summed E-state index contributed by atoms with van der Waals surface area (Å²) in [6.45, 7) is 1.65. The average molecular weight is 390 g/mol. The Morgan fingerprint density at radius 2 is 2.08 bits per heavy atom. The molecule has 1 aliphatic heterocycles. The van der Waals surface area contributed by atoms with Crippen LogP contribution in [0, 0.1) is 0 Å². The minimum atomic E-state index is -0.867. The van der Waals surface area contributed by atoms with Crippen LogP contribution in [-0.4, -0.2) is 85.6 Å². The molecule has 1 saturated heterocycles. The molecule has 148 valence electrons. The Balaban J connectivity index is 2.27. The molecule has 26 heavy (non-hydrogen) atoms. The summed E-state index contributed by atoms with van der Waals surface area (Å²) < 4.78 is 10.0. The van der Waals surface area contributed by atoms with Crippen LogP contribution >= 0.6 is 11.8 Å². The summed E-state index contributed by atoms with van der Waals surface area (Å²) in [5, 5.41) is 2.06. The first-order valence-corrected chi connectivity index (χ1v) is 9.25. The molecule has 2 unspecified atom stereocenters. The second kappa shape index (κ2) is 11.8. The van der Waals surface area contributed by atoms with E-state index in [4.69, 9.17) is 20.9 Å². The van der Waals surface area contributed by atoms with Gasteiger partial charge in [0.05, 0.1) is 31.1 Å². The zero-order valence-electron chi connectivity index (χ0n) is 14.8. The van der Waals surface area contributed by atoms with Crippen molar-refractivity contribution in [1.82, 2.24) is 10.2 Å². The van der Waals surface area contributed by atoms with Gasteiger partial charge in [0.25, 0.3) is 0 Å². The Kier molecular flexibility index (Phi) is 10.2. The third-order valence-corrected chi connectivity index (χ3v) is 4.93. The fourth-order valence-corrected chi connectivity index (χ4v) is 3.26. The number of carbonyl (C=O) groups is 4. The molecule has 2 atom stereocenters. The van der Waals surface area contributed by atoms with Crippen molar-refractivity contribution in [3.05, 3.63) is 0 Å². The van der Waals surface area contributed by atoms with Gasteiger partial charge in [-0.05, 0) is 0 Å². The number of nitrogens with zero attached hydrogens (tertiary/aromatic N) is 1. The summed E-state index contributed by atoms with van der Waals surface area (Å²) in [5.74, 6) is -1.47. The van der Waals surface area contributed by atoms with Gasteiger partial charge in [0.2, 0.25) is 23.6 Å². The Bertz CT molecular complexity index is 518. The highest BCUT2D eigenvalue weighted by atomic mass is 32.2. The van der Waals surface area contributed by atoms with Crippen LogP contribution in [0.15, 0.2) is 0 Å². The van der Waals surface area contributed by atoms with Gasteiger partial charge in [-0.25, -0.2) is 0 Å². The van der Waals surface area contributed by atoms with Gasteiger partial charge in [0, 0.05) is 38.8 Å². The molecule has 4 amide bonds. The molecule has 0 aromatic rings. The Hall–Kier alpha value is -1.69. The average Bonchev–Trinajstić information content (AvgIpc) is 2.87. The Labute approximate surface area is 156 Å². The number of ether oxygens (including phenoxy) is 2. The van der Waals surface area contributed by atoms with Gasteiger partial charge in [0.1, 0.15) is 0 Å². The molecule has 0 aromatic carbocycles. The van der Waals surface area contributed by atoms with Gasteiger partial charge in [-0.15, -0.1) is 11.8 Å². The Morgan fingerprint density at radius 3 is 2.73 bits per heavy atom. The second-order valence-corrected chi connectivity index (χ2v) is 6.86. The molecule has 1 aliphatic rings. The second-order valence-electron chi connectivity index (χ2n) is 5.62. The molecule has 0 saturated carbocycles. The lowest BCUT2D eigenvalue weighted by atomic mass is 10.3. The molecule has 1 heterocycles. The van der Waals surface area contributed by atoms with E-state index in [0.29, 0.717) is 26.4 Å². The predicted octanol–water partition coefficient (Wildman–Crippen LogP) is -2.17. The molecular formula is C15H26N4O6S. The van der Waals surface area contributed by atoms with Gasteiger partial charge in [-0.3, -0.25) is 24.1 Å². The van der Waals surface area contributed by atoms with Crippen LogP contribution in [0.3, 0.4) is 0 Å². The third-order valence-electron chi connectivity index (χ3n) is 3.61. The molecule has 0 radical (unpaired) electrons. The lowest BCUT2D eigenvalue weighted by Crippen LogP contribution is -2.39. The van der Waals surface area contributed by atoms with E-state index in [0.717, 1.165) is 16.7 Å². The van der Waals surface area contributed by atoms with Crippen LogP contribution in [-0.2, 0) is 28.7 Å². The van der Waals surface area contributed by atoms with E-state index in [1.807, 2.05) is 0 Å². The number of likely N-dealkylation sites (tertiary alicyclic amines) is 1. The van der Waals surface area contributed by atoms with Crippen LogP contribution in [0.2, 0.25) is 0 Å². The summed E-state index contributed by atoms with van der Waals surface area (Å²) in [6.07, 6.45) is 0.0533. The lowest BCUT2D eigenvalue weighted by molar-refractivity contribution is -0.138. The molecule has 0 aliphatic carbocycles. The van der Waals surface area contributed by atoms with Crippen LogP contribution < -0.4 is 16.8 Å². The minimum Gasteiger partial charge on any atom is -0.382 e. The predicted molar refractivity (Wildman–Crippen MR) is 95.1 cm³/mol. The third kappa shape index (κ3) is 7.68. The topological polar surface area (TPSA) is 154 Å². The van der Waals surface area contributed by atoms with Crippen LogP contribution in [0.5, 0.6) is 0 Å². The van der Waals surface area contributed by atoms with E-state index in [1.54, 1.807) is 7.11 Å². The first-order valence-electron chi connectivity index (χ1n) is 8.21. The number of nitrogens with two attached hydrogens (primary N) is 2. The highest BCUT2D eigenvalue weighted by Gasteiger charge is 2.39. The van der Waals surface area contributed by atoms with Gasteiger partial charge >= 0.3 is 0 Å². The van der Waals surface area contributed by atoms with Crippen molar-refractivity contribution >= 4 is 35.4 Å². The fourth-order valence-electron chi connectivity index (χ4n) is 2.13. The van der Waals surface area contributed by atoms with E-state index < -0.39 is 17.2 Å². The van der Waals surface area contributed by atoms with Crippen molar-refractivity contribution in [2.75, 3.05) is 45.8 Å². The number of rotatable bonds is 13. The van der Waals surface area contributed by atoms with Crippen molar-refractivity contribution < 1.29 is 28.7 Å². The zero-order valence-corrected chi connectivity index (χ0v) is 15.6. The van der Waals surface area contributed by atoms with Crippen molar-refractivity contribution in [3.8, 4) is 0 Å². The minimum absolute atomic E-state index is 0.0208. The van der Waals surface area contributed by atoms with Crippen molar-refractivity contribution in [3.63, 3.8) is 0 Å². The maximum atomic E-state index is 12.2. The number of primary amides is 1. The van der Waals surface area contributed by atoms with E-state index in [2.05, 4.69) is 5.32 Å². The first-order chi connectivity index (χ1) is 12.4. The van der Waals surface area contributed by atoms with E-state index in [-0.39, 0.29) is 42.9 Å². The smallest absolute Gasteiger partial charge is 0.242 e. The maximum Gasteiger partial charge on any atom is 0.242 e. The monoisotopic (exact) mass is 390 g/mol. The molecular weight excluding hydrogens is 364 g/mol. The SMILES string of the molecule is COCCOCCNC(=O)CCN1C(=O)CC(SCC(N)C(N)=O)C1=O. The lowest BCUT2D eigenvalue weighted by Gasteiger charge is -2.15. The fraction of sp³-hybridized carbons (Fsp3) is 0.733. The molecule has 1 rings (SSSR count). The molecule has 5 N–H and O–H groups in total. The van der Waals surface area contributed by atoms with Crippen molar-refractivity contribution in [2.45, 2.75) is 24.1 Å². The van der Waals surface area contributed by atoms with E-state index >= 15 is 0 Å². The molecule has 0 spiro atoms. The summed E-state index contributed by atoms with van der Waals surface area (Å²) >= 11 is 1.13. The van der Waals surface area contributed by atoms with Gasteiger partial charge in [-0.1, -0.05) is 0 Å². The number of hydrogen-bond acceptors (Lipinski definition) is 8. The number of hydrogen-bond donors (Lipinski definition) is 3. The number of imide groups is 1. The highest BCUT2D eigenvalue weighted by Crippen LogP contribution is 2.25. The quantitative estimate of drug-likeness (QED) is 0.237. The van der Waals surface area contributed by atoms with Gasteiger partial charge < -0.3 is 26.3 Å². The largest absolute Gasteiger partial charge is 0.382 e. The first kappa shape index (κ1) is 22.4. The van der Waals surface area contributed by atoms with Crippen molar-refractivity contribution in [2.24, 2.45) is 11.5 Å². The van der Waals surface area contributed by atoms with Gasteiger partial charge in [0.15, 0.2) is 0 Å². The van der Waals surface area contributed by atoms with Crippen LogP contribution in [0.4, 0.5) is 0 Å². The standard InChI is InChI=1S/C15H26N4O6S/c1-24-6-7-25-5-3-18-12(20)2-4-19-13(21)8-11(15(19)23)26-9-10(16)14(17)22/h10-11H,2-9,16H2,1H3,(H2,17,22)(H,18,20). The molecule has 10 nitrogen and oxygen atoms in total. The number of nitrogens with one attached hydrogen (secondary N) is 1. The summed E-state index contributed by atoms with van der Waals surface area (Å²) in [6, 6.07) is -0.867. The Morgan fingerprint density at radius 1 is 1.35 bits per heavy atom. The summed E-state index contributed by atoms with van der Waals surface area (Å²) in [5.41, 5.74) is 10.6. The van der Waals surface area contributed by atoms with Gasteiger partial charge in [-0.2, -0.15) is 0 Å². The van der Waals surface area contributed by atoms with E-state index in [9.17, 15) is 19.2 Å². The number of thioether (sulfide) groups is 1. The molecule has 0 bridgehead atoms. The van der Waals surface area contributed by atoms with Crippen LogP contribution in [0.25, 0.3) is 0 Å². The molecule has 11 heteroatoms. The summed E-state index contributed by atoms with van der Waals surface area (Å²) in [7, 11) is 1.57. The number of amides is 4. The van der Waals surface area contributed by atoms with E-state index in [1.165, 1.54) is 0 Å². The normalized spacial score (nSPS) is 18.2. The van der Waals surface area contributed by atoms with Crippen molar-refractivity contribution in [1.29, 1.82) is 0 Å². The zero-order chi connectivity index (χ0) is 19.5. The maximum absolute atomic E-state index is 12.2.